The van der Waals surface area contributed by atoms with Gasteiger partial charge in [0, 0.05) is 58.9 Å². The van der Waals surface area contributed by atoms with E-state index >= 15 is 0 Å². The Morgan fingerprint density at radius 2 is 2.25 bits per heavy atom. The lowest BCUT2D eigenvalue weighted by Crippen LogP contribution is -2.13. The maximum absolute atomic E-state index is 5.09. The number of hydrogen-bond acceptors (Lipinski definition) is 4. The number of methoxy groups -OCH3 is 1. The van der Waals surface area contributed by atoms with Crippen molar-refractivity contribution in [1.29, 1.82) is 0 Å². The van der Waals surface area contributed by atoms with Crippen LogP contribution in [0.3, 0.4) is 0 Å². The minimum atomic E-state index is 0.768. The van der Waals surface area contributed by atoms with Gasteiger partial charge in [0.25, 0.3) is 0 Å². The van der Waals surface area contributed by atoms with E-state index in [0.717, 1.165) is 50.0 Å². The monoisotopic (exact) mass is 277 g/mol. The van der Waals surface area contributed by atoms with Crippen LogP contribution in [0.1, 0.15) is 17.9 Å². The van der Waals surface area contributed by atoms with E-state index in [1.54, 1.807) is 7.11 Å². The molecule has 0 saturated heterocycles. The Bertz CT molecular complexity index is 531. The fourth-order valence-corrected chi connectivity index (χ4v) is 2.16. The van der Waals surface area contributed by atoms with Gasteiger partial charge in [-0.2, -0.15) is 0 Å². The number of anilines is 1. The molecule has 2 aromatic heterocycles. The third-order valence-corrected chi connectivity index (χ3v) is 3.20. The van der Waals surface area contributed by atoms with Crippen LogP contribution in [0.25, 0.3) is 0 Å². The summed E-state index contributed by atoms with van der Waals surface area (Å²) in [6, 6.07) is 0. The van der Waals surface area contributed by atoms with Crippen molar-refractivity contribution in [1.82, 2.24) is 19.1 Å². The summed E-state index contributed by atoms with van der Waals surface area (Å²) in [6.45, 7) is 4.52. The molecule has 0 saturated carbocycles. The molecule has 0 aliphatic carbocycles. The highest BCUT2D eigenvalue weighted by Crippen LogP contribution is 2.09. The van der Waals surface area contributed by atoms with Gasteiger partial charge in [0.1, 0.15) is 5.82 Å². The van der Waals surface area contributed by atoms with Gasteiger partial charge in [0.05, 0.1) is 5.69 Å². The maximum atomic E-state index is 5.09. The predicted molar refractivity (Wildman–Crippen MR) is 78.9 cm³/mol. The number of rotatable bonds is 8. The van der Waals surface area contributed by atoms with E-state index in [1.807, 2.05) is 30.9 Å². The van der Waals surface area contributed by atoms with Crippen molar-refractivity contribution in [2.24, 2.45) is 7.05 Å². The number of ether oxygens (including phenoxy) is 1. The lowest BCUT2D eigenvalue weighted by Gasteiger charge is -2.09. The maximum Gasteiger partial charge on any atom is 0.203 e. The zero-order valence-electron chi connectivity index (χ0n) is 12.5. The van der Waals surface area contributed by atoms with Gasteiger partial charge in [-0.1, -0.05) is 0 Å². The van der Waals surface area contributed by atoms with E-state index in [-0.39, 0.29) is 0 Å². The van der Waals surface area contributed by atoms with Gasteiger partial charge in [-0.15, -0.1) is 0 Å². The average molecular weight is 277 g/mol. The van der Waals surface area contributed by atoms with E-state index in [1.165, 1.54) is 0 Å². The normalized spacial score (nSPS) is 10.9. The summed E-state index contributed by atoms with van der Waals surface area (Å²) in [6.07, 6.45) is 7.73. The van der Waals surface area contributed by atoms with Crippen LogP contribution < -0.4 is 5.32 Å². The molecule has 0 aromatic carbocycles. The topological polar surface area (TPSA) is 56.9 Å². The molecule has 0 amide bonds. The Kier molecular flexibility index (Phi) is 5.17. The van der Waals surface area contributed by atoms with Gasteiger partial charge >= 0.3 is 0 Å². The van der Waals surface area contributed by atoms with Gasteiger partial charge in [-0.3, -0.25) is 0 Å². The van der Waals surface area contributed by atoms with Gasteiger partial charge in [0.2, 0.25) is 5.95 Å². The Morgan fingerprint density at radius 1 is 1.40 bits per heavy atom. The van der Waals surface area contributed by atoms with Crippen LogP contribution in [-0.4, -0.2) is 39.4 Å². The van der Waals surface area contributed by atoms with Crippen LogP contribution in [0, 0.1) is 6.92 Å². The minimum absolute atomic E-state index is 0.768. The van der Waals surface area contributed by atoms with Crippen LogP contribution in [0.5, 0.6) is 0 Å². The molecule has 2 aromatic rings. The first-order valence-electron chi connectivity index (χ1n) is 6.93. The fourth-order valence-electron chi connectivity index (χ4n) is 2.16. The van der Waals surface area contributed by atoms with Gasteiger partial charge in [0.15, 0.2) is 0 Å². The summed E-state index contributed by atoms with van der Waals surface area (Å²) in [4.78, 5) is 8.83. The van der Waals surface area contributed by atoms with E-state index < -0.39 is 0 Å². The zero-order chi connectivity index (χ0) is 14.4. The largest absolute Gasteiger partial charge is 0.385 e. The molecule has 0 aliphatic heterocycles. The quantitative estimate of drug-likeness (QED) is 0.745. The standard InChI is InChI=1S/C14H23N5O/c1-12-11-19(8-4-10-20-3)14(17-12)16-6-5-13-15-7-9-18(13)2/h7,9,11H,4-6,8,10H2,1-3H3,(H,16,17). The highest BCUT2D eigenvalue weighted by molar-refractivity contribution is 5.28. The smallest absolute Gasteiger partial charge is 0.203 e. The summed E-state index contributed by atoms with van der Waals surface area (Å²) < 4.78 is 9.27. The minimum Gasteiger partial charge on any atom is -0.385 e. The molecule has 0 bridgehead atoms. The van der Waals surface area contributed by atoms with Crippen LogP contribution in [0.2, 0.25) is 0 Å². The Hall–Kier alpha value is -1.82. The molecule has 0 radical (unpaired) electrons. The Labute approximate surface area is 119 Å². The number of aryl methyl sites for hydroxylation is 3. The third-order valence-electron chi connectivity index (χ3n) is 3.20. The summed E-state index contributed by atoms with van der Waals surface area (Å²) in [5.41, 5.74) is 1.03. The Morgan fingerprint density at radius 3 is 2.95 bits per heavy atom. The van der Waals surface area contributed by atoms with Crippen molar-refractivity contribution in [2.75, 3.05) is 25.6 Å². The SMILES string of the molecule is COCCCn1cc(C)nc1NCCc1nccn1C. The average Bonchev–Trinajstić information content (AvgIpc) is 2.97. The number of aromatic nitrogens is 4. The van der Waals surface area contributed by atoms with Crippen molar-refractivity contribution in [3.8, 4) is 0 Å². The predicted octanol–water partition coefficient (Wildman–Crippen LogP) is 1.62. The molecule has 6 nitrogen and oxygen atoms in total. The second kappa shape index (κ2) is 7.09. The van der Waals surface area contributed by atoms with E-state index in [2.05, 4.69) is 26.0 Å². The van der Waals surface area contributed by atoms with E-state index in [9.17, 15) is 0 Å². The fraction of sp³-hybridized carbons (Fsp3) is 0.571. The number of nitrogens with one attached hydrogen (secondary N) is 1. The van der Waals surface area contributed by atoms with Crippen molar-refractivity contribution in [3.05, 3.63) is 30.1 Å². The molecule has 1 N–H and O–H groups in total. The van der Waals surface area contributed by atoms with Gasteiger partial charge in [-0.25, -0.2) is 9.97 Å². The molecule has 110 valence electrons. The molecule has 0 aliphatic rings. The second-order valence-corrected chi connectivity index (χ2v) is 4.88. The second-order valence-electron chi connectivity index (χ2n) is 4.88. The van der Waals surface area contributed by atoms with Crippen LogP contribution in [0.15, 0.2) is 18.6 Å². The summed E-state index contributed by atoms with van der Waals surface area (Å²) in [5, 5.41) is 3.38. The van der Waals surface area contributed by atoms with Crippen molar-refractivity contribution >= 4 is 5.95 Å². The molecule has 0 fully saturated rings. The number of hydrogen-bond donors (Lipinski definition) is 1. The third kappa shape index (κ3) is 3.84. The molecule has 2 rings (SSSR count). The highest BCUT2D eigenvalue weighted by atomic mass is 16.5. The van der Waals surface area contributed by atoms with Crippen LogP contribution in [-0.2, 0) is 24.8 Å². The van der Waals surface area contributed by atoms with Gasteiger partial charge < -0.3 is 19.2 Å². The molecular formula is C14H23N5O. The Balaban J connectivity index is 1.87. The van der Waals surface area contributed by atoms with Crippen molar-refractivity contribution < 1.29 is 4.74 Å². The lowest BCUT2D eigenvalue weighted by molar-refractivity contribution is 0.190. The number of imidazole rings is 2. The first-order valence-corrected chi connectivity index (χ1v) is 6.93. The summed E-state index contributed by atoms with van der Waals surface area (Å²) in [7, 11) is 3.74. The molecule has 0 atom stereocenters. The molecule has 2 heterocycles. The van der Waals surface area contributed by atoms with Crippen LogP contribution >= 0.6 is 0 Å². The molecular weight excluding hydrogens is 254 g/mol. The first kappa shape index (κ1) is 14.6. The number of nitrogens with zero attached hydrogens (tertiary/aromatic N) is 4. The highest BCUT2D eigenvalue weighted by Gasteiger charge is 2.05. The lowest BCUT2D eigenvalue weighted by atomic mass is 10.4. The summed E-state index contributed by atoms with van der Waals surface area (Å²) >= 11 is 0. The molecule has 6 heteroatoms. The van der Waals surface area contributed by atoms with Gasteiger partial charge in [-0.05, 0) is 13.3 Å². The van der Waals surface area contributed by atoms with Crippen molar-refractivity contribution in [2.45, 2.75) is 26.3 Å². The first-order chi connectivity index (χ1) is 9.70. The van der Waals surface area contributed by atoms with E-state index in [4.69, 9.17) is 4.74 Å². The summed E-state index contributed by atoms with van der Waals surface area (Å²) in [5.74, 6) is 2.00. The van der Waals surface area contributed by atoms with Crippen molar-refractivity contribution in [3.63, 3.8) is 0 Å². The molecule has 0 spiro atoms. The molecule has 0 unspecified atom stereocenters. The zero-order valence-corrected chi connectivity index (χ0v) is 12.5. The molecule has 20 heavy (non-hydrogen) atoms. The van der Waals surface area contributed by atoms with Crippen LogP contribution in [0.4, 0.5) is 5.95 Å². The van der Waals surface area contributed by atoms with E-state index in [0.29, 0.717) is 0 Å².